The van der Waals surface area contributed by atoms with Crippen LogP contribution in [0.25, 0.3) is 21.8 Å². The molecule has 3 aromatic carbocycles. The van der Waals surface area contributed by atoms with Crippen molar-refractivity contribution in [3.8, 4) is 29.0 Å². The smallest absolute Gasteiger partial charge is 0.363 e. The zero-order chi connectivity index (χ0) is 33.3. The number of carbonyl (C=O) groups is 2. The van der Waals surface area contributed by atoms with Crippen molar-refractivity contribution in [2.75, 3.05) is 20.0 Å². The Morgan fingerprint density at radius 2 is 1.33 bits per heavy atom. The molecule has 46 heavy (non-hydrogen) atoms. The van der Waals surface area contributed by atoms with E-state index in [1.807, 2.05) is 4.57 Å². The van der Waals surface area contributed by atoms with Crippen molar-refractivity contribution in [3.05, 3.63) is 82.9 Å². The summed E-state index contributed by atoms with van der Waals surface area (Å²) in [6.07, 6.45) is 0.103. The number of benzene rings is 3. The zero-order valence-corrected chi connectivity index (χ0v) is 26.1. The molecule has 0 atom stereocenters. The highest BCUT2D eigenvalue weighted by Gasteiger charge is 2.28. The van der Waals surface area contributed by atoms with E-state index in [0.717, 1.165) is 12.1 Å². The number of hydrogen-bond donors (Lipinski definition) is 3. The van der Waals surface area contributed by atoms with Crippen LogP contribution >= 0.6 is 0 Å². The summed E-state index contributed by atoms with van der Waals surface area (Å²) in [6, 6.07) is 15.5. The van der Waals surface area contributed by atoms with Crippen LogP contribution in [0.15, 0.2) is 60.7 Å². The SMILES string of the molecule is COc1ccc2c(c1)c(C(=O)Oc1c(C)cc(C(=O)On3c(O)ccc3O)cc1C)c1cc(OC)ccc1[n+]2CCCS(=O)(=O)O. The number of fused-ring (bicyclic) bond motifs is 2. The highest BCUT2D eigenvalue weighted by molar-refractivity contribution is 7.85. The van der Waals surface area contributed by atoms with Crippen molar-refractivity contribution in [1.82, 2.24) is 4.73 Å². The molecule has 0 saturated carbocycles. The maximum atomic E-state index is 14.1. The van der Waals surface area contributed by atoms with E-state index in [0.29, 0.717) is 49.2 Å². The molecule has 0 saturated heterocycles. The predicted molar refractivity (Wildman–Crippen MR) is 165 cm³/mol. The fourth-order valence-electron chi connectivity index (χ4n) is 5.30. The van der Waals surface area contributed by atoms with Gasteiger partial charge in [0.1, 0.15) is 17.2 Å². The van der Waals surface area contributed by atoms with Gasteiger partial charge in [0, 0.05) is 30.7 Å². The van der Waals surface area contributed by atoms with Crippen molar-refractivity contribution in [3.63, 3.8) is 0 Å². The Kier molecular flexibility index (Phi) is 8.76. The van der Waals surface area contributed by atoms with Gasteiger partial charge in [-0.25, -0.2) is 9.59 Å². The molecule has 5 rings (SSSR count). The fraction of sp³-hybridized carbons (Fsp3) is 0.219. The molecule has 5 aromatic rings. The van der Waals surface area contributed by atoms with Crippen molar-refractivity contribution in [1.29, 1.82) is 0 Å². The van der Waals surface area contributed by atoms with Crippen LogP contribution in [0.2, 0.25) is 0 Å². The number of aromatic nitrogens is 2. The third-order valence-corrected chi connectivity index (χ3v) is 8.18. The molecule has 0 amide bonds. The quantitative estimate of drug-likeness (QED) is 0.0657. The first-order valence-corrected chi connectivity index (χ1v) is 15.5. The van der Waals surface area contributed by atoms with Crippen molar-refractivity contribution in [2.24, 2.45) is 0 Å². The van der Waals surface area contributed by atoms with E-state index in [2.05, 4.69) is 0 Å². The van der Waals surface area contributed by atoms with Crippen LogP contribution in [0.5, 0.6) is 29.0 Å². The van der Waals surface area contributed by atoms with E-state index in [-0.39, 0.29) is 29.8 Å². The average Bonchev–Trinajstić information content (AvgIpc) is 3.33. The van der Waals surface area contributed by atoms with Gasteiger partial charge in [0.15, 0.2) is 6.54 Å². The molecule has 2 heterocycles. The molecule has 0 spiro atoms. The second kappa shape index (κ2) is 12.6. The lowest BCUT2D eigenvalue weighted by Gasteiger charge is -2.16. The van der Waals surface area contributed by atoms with E-state index >= 15 is 0 Å². The van der Waals surface area contributed by atoms with Gasteiger partial charge in [-0.15, -0.1) is 4.73 Å². The molecule has 0 aliphatic carbocycles. The topological polar surface area (TPSA) is 175 Å². The lowest BCUT2D eigenvalue weighted by atomic mass is 10.0. The van der Waals surface area contributed by atoms with Gasteiger partial charge in [0.2, 0.25) is 22.8 Å². The first kappa shape index (κ1) is 32.1. The molecular weight excluding hydrogens is 620 g/mol. The normalized spacial score (nSPS) is 11.5. The minimum atomic E-state index is -4.19. The van der Waals surface area contributed by atoms with Gasteiger partial charge < -0.3 is 29.3 Å². The monoisotopic (exact) mass is 651 g/mol. The Hall–Kier alpha value is -5.34. The van der Waals surface area contributed by atoms with Gasteiger partial charge in [-0.05, 0) is 61.4 Å². The van der Waals surface area contributed by atoms with Crippen LogP contribution in [-0.4, -0.2) is 59.8 Å². The summed E-state index contributed by atoms with van der Waals surface area (Å²) in [5.41, 5.74) is 2.31. The molecular formula is C32H31N2O11S+. The van der Waals surface area contributed by atoms with Gasteiger partial charge in [0.25, 0.3) is 10.1 Å². The molecule has 0 aliphatic heterocycles. The Morgan fingerprint density at radius 3 is 1.80 bits per heavy atom. The third kappa shape index (κ3) is 6.39. The molecule has 240 valence electrons. The number of rotatable bonds is 10. The highest BCUT2D eigenvalue weighted by atomic mass is 32.2. The Morgan fingerprint density at radius 1 is 0.804 bits per heavy atom. The number of aromatic hydroxyl groups is 2. The minimum Gasteiger partial charge on any atom is -0.497 e. The second-order valence-electron chi connectivity index (χ2n) is 10.5. The molecule has 0 fully saturated rings. The average molecular weight is 652 g/mol. The van der Waals surface area contributed by atoms with Gasteiger partial charge in [-0.2, -0.15) is 13.0 Å². The molecule has 14 heteroatoms. The number of methoxy groups -OCH3 is 2. The standard InChI is InChI=1S/C32H30N2O11S/c1-18-14-20(31(37)45-34-27(35)10-11-28(34)36)15-19(2)30(18)44-32(38)29-23-16-21(42-3)6-8-25(23)33(12-5-13-46(39,40)41)26-9-7-22(43-4)17-24(26)29/h6-11,14-17H,5,12-13H2,1-4H3,(H2,38,39,40,41)/p+1. The number of aryl methyl sites for hydroxylation is 3. The minimum absolute atomic E-state index is 0.0818. The van der Waals surface area contributed by atoms with E-state index in [1.165, 1.54) is 26.4 Å². The molecule has 13 nitrogen and oxygen atoms in total. The van der Waals surface area contributed by atoms with Crippen molar-refractivity contribution >= 4 is 43.9 Å². The molecule has 0 radical (unpaired) electrons. The van der Waals surface area contributed by atoms with Crippen LogP contribution in [0.4, 0.5) is 0 Å². The third-order valence-electron chi connectivity index (χ3n) is 7.38. The first-order valence-electron chi connectivity index (χ1n) is 13.9. The van der Waals surface area contributed by atoms with Crippen LogP contribution in [0, 0.1) is 13.8 Å². The van der Waals surface area contributed by atoms with Gasteiger partial charge in [0.05, 0.1) is 41.9 Å². The zero-order valence-electron chi connectivity index (χ0n) is 25.3. The second-order valence-corrected chi connectivity index (χ2v) is 12.1. The summed E-state index contributed by atoms with van der Waals surface area (Å²) in [4.78, 5) is 32.0. The summed E-state index contributed by atoms with van der Waals surface area (Å²) in [6.45, 7) is 3.50. The fourth-order valence-corrected chi connectivity index (χ4v) is 5.79. The van der Waals surface area contributed by atoms with E-state index in [9.17, 15) is 32.8 Å². The number of carbonyl (C=O) groups excluding carboxylic acids is 2. The van der Waals surface area contributed by atoms with Crippen LogP contribution in [-0.2, 0) is 16.7 Å². The number of nitrogens with zero attached hydrogens (tertiary/aromatic N) is 2. The van der Waals surface area contributed by atoms with E-state index in [1.54, 1.807) is 50.2 Å². The Bertz CT molecular complexity index is 2010. The summed E-state index contributed by atoms with van der Waals surface area (Å²) < 4.78 is 51.5. The first-order chi connectivity index (χ1) is 21.8. The lowest BCUT2D eigenvalue weighted by molar-refractivity contribution is -0.645. The number of pyridine rings is 1. The molecule has 0 bridgehead atoms. The van der Waals surface area contributed by atoms with Crippen molar-refractivity contribution in [2.45, 2.75) is 26.8 Å². The van der Waals surface area contributed by atoms with Crippen LogP contribution in [0.1, 0.15) is 38.3 Å². The Labute approximate surface area is 263 Å². The molecule has 0 unspecified atom stereocenters. The van der Waals surface area contributed by atoms with Gasteiger partial charge in [-0.3, -0.25) is 4.55 Å². The molecule has 2 aromatic heterocycles. The molecule has 3 N–H and O–H groups in total. The summed E-state index contributed by atoms with van der Waals surface area (Å²) >= 11 is 0. The van der Waals surface area contributed by atoms with Gasteiger partial charge >= 0.3 is 11.9 Å². The number of ether oxygens (including phenoxy) is 3. The summed E-state index contributed by atoms with van der Waals surface area (Å²) in [5, 5.41) is 20.5. The molecule has 0 aliphatic rings. The lowest BCUT2D eigenvalue weighted by Crippen LogP contribution is -2.37. The van der Waals surface area contributed by atoms with Crippen LogP contribution < -0.4 is 23.6 Å². The van der Waals surface area contributed by atoms with E-state index in [4.69, 9.17) is 19.0 Å². The maximum Gasteiger partial charge on any atom is 0.363 e. The highest BCUT2D eigenvalue weighted by Crippen LogP contribution is 2.33. The largest absolute Gasteiger partial charge is 0.497 e. The summed E-state index contributed by atoms with van der Waals surface area (Å²) in [7, 11) is -1.22. The maximum absolute atomic E-state index is 14.1. The number of hydrogen-bond acceptors (Lipinski definition) is 10. The van der Waals surface area contributed by atoms with Crippen LogP contribution in [0.3, 0.4) is 0 Å². The van der Waals surface area contributed by atoms with Crippen molar-refractivity contribution < 1.29 is 56.4 Å². The van der Waals surface area contributed by atoms with E-state index < -0.39 is 39.6 Å². The Balaban J connectivity index is 1.60. The number of esters is 1. The van der Waals surface area contributed by atoms with Gasteiger partial charge in [-0.1, -0.05) is 0 Å². The predicted octanol–water partition coefficient (Wildman–Crippen LogP) is 3.89. The summed E-state index contributed by atoms with van der Waals surface area (Å²) in [5.74, 6) is -1.86.